The number of benzene rings is 2. The van der Waals surface area contributed by atoms with Gasteiger partial charge in [0.05, 0.1) is 7.11 Å². The quantitative estimate of drug-likeness (QED) is 0.633. The molecule has 1 N–H and O–H groups in total. The van der Waals surface area contributed by atoms with Gasteiger partial charge < -0.3 is 19.2 Å². The highest BCUT2D eigenvalue weighted by Crippen LogP contribution is 2.21. The first-order valence-electron chi connectivity index (χ1n) is 8.66. The van der Waals surface area contributed by atoms with Crippen LogP contribution in [-0.2, 0) is 16.1 Å². The van der Waals surface area contributed by atoms with Crippen LogP contribution in [0.5, 0.6) is 5.75 Å². The number of amides is 1. The minimum absolute atomic E-state index is 0.0550. The van der Waals surface area contributed by atoms with Crippen LogP contribution in [-0.4, -0.2) is 30.6 Å². The molecule has 7 heteroatoms. The summed E-state index contributed by atoms with van der Waals surface area (Å²) in [5, 5.41) is 2.69. The Morgan fingerprint density at radius 2 is 1.89 bits per heavy atom. The van der Waals surface area contributed by atoms with E-state index in [4.69, 9.17) is 13.9 Å². The summed E-state index contributed by atoms with van der Waals surface area (Å²) < 4.78 is 15.7. The van der Waals surface area contributed by atoms with Gasteiger partial charge in [0.1, 0.15) is 11.5 Å². The topological polar surface area (TPSA) is 90.7 Å². The van der Waals surface area contributed by atoms with Crippen molar-refractivity contribution in [2.45, 2.75) is 13.5 Å². The molecule has 3 rings (SSSR count). The average Bonchev–Trinajstić information content (AvgIpc) is 3.13. The third-order valence-electron chi connectivity index (χ3n) is 3.97. The highest BCUT2D eigenvalue weighted by molar-refractivity contribution is 5.90. The molecule has 0 saturated carbocycles. The van der Waals surface area contributed by atoms with Crippen LogP contribution in [0.4, 0.5) is 0 Å². The van der Waals surface area contributed by atoms with Crippen LogP contribution in [0.1, 0.15) is 21.8 Å². The Morgan fingerprint density at radius 3 is 2.64 bits per heavy atom. The largest absolute Gasteiger partial charge is 0.497 e. The van der Waals surface area contributed by atoms with Gasteiger partial charge in [-0.05, 0) is 36.8 Å². The molecule has 144 valence electrons. The van der Waals surface area contributed by atoms with E-state index in [-0.39, 0.29) is 5.69 Å². The van der Waals surface area contributed by atoms with Gasteiger partial charge in [-0.25, -0.2) is 9.78 Å². The molecule has 0 radical (unpaired) electrons. The van der Waals surface area contributed by atoms with Gasteiger partial charge in [-0.2, -0.15) is 0 Å². The summed E-state index contributed by atoms with van der Waals surface area (Å²) >= 11 is 0. The van der Waals surface area contributed by atoms with Gasteiger partial charge in [-0.3, -0.25) is 4.79 Å². The van der Waals surface area contributed by atoms with E-state index in [1.165, 1.54) is 0 Å². The van der Waals surface area contributed by atoms with E-state index in [1.54, 1.807) is 14.0 Å². The number of methoxy groups -OCH3 is 1. The zero-order valence-electron chi connectivity index (χ0n) is 15.6. The number of hydrogen-bond donors (Lipinski definition) is 1. The highest BCUT2D eigenvalue weighted by atomic mass is 16.5. The van der Waals surface area contributed by atoms with Crippen LogP contribution in [0.15, 0.2) is 59.0 Å². The minimum atomic E-state index is -0.708. The molecule has 0 unspecified atom stereocenters. The van der Waals surface area contributed by atoms with Gasteiger partial charge in [-0.1, -0.05) is 30.3 Å². The lowest BCUT2D eigenvalue weighted by Crippen LogP contribution is -2.28. The Hall–Kier alpha value is -3.61. The predicted molar refractivity (Wildman–Crippen MR) is 102 cm³/mol. The second-order valence-corrected chi connectivity index (χ2v) is 5.99. The third kappa shape index (κ3) is 4.76. The highest BCUT2D eigenvalue weighted by Gasteiger charge is 2.20. The fourth-order valence-electron chi connectivity index (χ4n) is 2.52. The minimum Gasteiger partial charge on any atom is -0.497 e. The Kier molecular flexibility index (Phi) is 6.06. The van der Waals surface area contributed by atoms with E-state index < -0.39 is 18.5 Å². The fourth-order valence-corrected chi connectivity index (χ4v) is 2.52. The van der Waals surface area contributed by atoms with Crippen molar-refractivity contribution in [2.24, 2.45) is 0 Å². The second kappa shape index (κ2) is 8.85. The molecule has 0 bridgehead atoms. The summed E-state index contributed by atoms with van der Waals surface area (Å²) in [6, 6.07) is 16.5. The smallest absolute Gasteiger partial charge is 0.361 e. The Labute approximate surface area is 162 Å². The van der Waals surface area contributed by atoms with Crippen molar-refractivity contribution in [1.29, 1.82) is 0 Å². The third-order valence-corrected chi connectivity index (χ3v) is 3.97. The molecule has 0 fully saturated rings. The van der Waals surface area contributed by atoms with Crippen molar-refractivity contribution in [3.8, 4) is 17.2 Å². The molecule has 3 aromatic rings. The first-order chi connectivity index (χ1) is 13.6. The molecule has 0 spiro atoms. The maximum absolute atomic E-state index is 12.2. The number of aryl methyl sites for hydroxylation is 1. The number of nitrogens with zero attached hydrogens (tertiary/aromatic N) is 1. The number of ether oxygens (including phenoxy) is 2. The summed E-state index contributed by atoms with van der Waals surface area (Å²) in [6.45, 7) is 1.52. The van der Waals surface area contributed by atoms with Crippen LogP contribution >= 0.6 is 0 Å². The van der Waals surface area contributed by atoms with Crippen molar-refractivity contribution in [2.75, 3.05) is 13.7 Å². The van der Waals surface area contributed by atoms with E-state index in [0.717, 1.165) is 11.1 Å². The van der Waals surface area contributed by atoms with Crippen LogP contribution in [0, 0.1) is 6.92 Å². The van der Waals surface area contributed by atoms with E-state index in [9.17, 15) is 9.59 Å². The lowest BCUT2D eigenvalue weighted by molar-refractivity contribution is -0.124. The van der Waals surface area contributed by atoms with Gasteiger partial charge in [0, 0.05) is 12.1 Å². The molecule has 0 aliphatic heterocycles. The number of esters is 1. The summed E-state index contributed by atoms with van der Waals surface area (Å²) in [7, 11) is 1.58. The molecule has 0 aliphatic rings. The van der Waals surface area contributed by atoms with Gasteiger partial charge >= 0.3 is 5.97 Å². The summed E-state index contributed by atoms with van der Waals surface area (Å²) in [6.07, 6.45) is 0. The standard InChI is InChI=1S/C21H20N2O5/c1-14-19(23-20(28-14)16-8-4-3-5-9-16)21(25)27-13-18(24)22-12-15-7-6-10-17(11-15)26-2/h3-11H,12-13H2,1-2H3,(H,22,24). The molecule has 0 saturated heterocycles. The Morgan fingerprint density at radius 1 is 1.11 bits per heavy atom. The van der Waals surface area contributed by atoms with E-state index in [0.29, 0.717) is 23.9 Å². The van der Waals surface area contributed by atoms with Crippen LogP contribution in [0.3, 0.4) is 0 Å². The zero-order chi connectivity index (χ0) is 19.9. The summed E-state index contributed by atoms with van der Waals surface area (Å²) in [5.74, 6) is 0.239. The predicted octanol–water partition coefficient (Wildman–Crippen LogP) is 3.13. The number of nitrogens with one attached hydrogen (secondary N) is 1. The lowest BCUT2D eigenvalue weighted by atomic mass is 10.2. The lowest BCUT2D eigenvalue weighted by Gasteiger charge is -2.07. The van der Waals surface area contributed by atoms with Gasteiger partial charge in [-0.15, -0.1) is 0 Å². The van der Waals surface area contributed by atoms with Crippen molar-refractivity contribution in [3.05, 3.63) is 71.6 Å². The van der Waals surface area contributed by atoms with Crippen molar-refractivity contribution >= 4 is 11.9 Å². The van der Waals surface area contributed by atoms with Gasteiger partial charge in [0.2, 0.25) is 5.89 Å². The number of hydrogen-bond acceptors (Lipinski definition) is 6. The van der Waals surface area contributed by atoms with Gasteiger partial charge in [0.15, 0.2) is 12.3 Å². The monoisotopic (exact) mass is 380 g/mol. The molecule has 1 heterocycles. The van der Waals surface area contributed by atoms with E-state index >= 15 is 0 Å². The molecule has 0 aliphatic carbocycles. The van der Waals surface area contributed by atoms with Crippen LogP contribution < -0.4 is 10.1 Å². The molecule has 0 atom stereocenters. The van der Waals surface area contributed by atoms with Crippen molar-refractivity contribution < 1.29 is 23.5 Å². The van der Waals surface area contributed by atoms with E-state index in [1.807, 2.05) is 54.6 Å². The number of oxazole rings is 1. The molecule has 2 aromatic carbocycles. The van der Waals surface area contributed by atoms with Crippen molar-refractivity contribution in [1.82, 2.24) is 10.3 Å². The first kappa shape index (κ1) is 19.2. The number of carbonyl (C=O) groups is 2. The summed E-state index contributed by atoms with van der Waals surface area (Å²) in [5.41, 5.74) is 1.68. The van der Waals surface area contributed by atoms with Crippen LogP contribution in [0.2, 0.25) is 0 Å². The zero-order valence-corrected chi connectivity index (χ0v) is 15.6. The fraction of sp³-hybridized carbons (Fsp3) is 0.190. The summed E-state index contributed by atoms with van der Waals surface area (Å²) in [4.78, 5) is 28.4. The molecular formula is C21H20N2O5. The first-order valence-corrected chi connectivity index (χ1v) is 8.66. The molecule has 1 amide bonds. The molecular weight excluding hydrogens is 360 g/mol. The number of rotatable bonds is 7. The van der Waals surface area contributed by atoms with Crippen molar-refractivity contribution in [3.63, 3.8) is 0 Å². The average molecular weight is 380 g/mol. The maximum Gasteiger partial charge on any atom is 0.361 e. The number of aromatic nitrogens is 1. The second-order valence-electron chi connectivity index (χ2n) is 5.99. The SMILES string of the molecule is COc1cccc(CNC(=O)COC(=O)c2nc(-c3ccccc3)oc2C)c1. The molecule has 1 aromatic heterocycles. The van der Waals surface area contributed by atoms with Crippen LogP contribution in [0.25, 0.3) is 11.5 Å². The normalized spacial score (nSPS) is 10.4. The Balaban J connectivity index is 1.53. The molecule has 7 nitrogen and oxygen atoms in total. The maximum atomic E-state index is 12.2. The van der Waals surface area contributed by atoms with E-state index in [2.05, 4.69) is 10.3 Å². The van der Waals surface area contributed by atoms with Gasteiger partial charge in [0.25, 0.3) is 5.91 Å². The number of carbonyl (C=O) groups excluding carboxylic acids is 2. The molecule has 28 heavy (non-hydrogen) atoms. The Bertz CT molecular complexity index is 966.